The van der Waals surface area contributed by atoms with Crippen molar-refractivity contribution in [2.24, 2.45) is 5.10 Å². The van der Waals surface area contributed by atoms with Crippen molar-refractivity contribution in [3.8, 4) is 0 Å². The largest absolute Gasteiger partial charge is 0.460 e. The van der Waals surface area contributed by atoms with Crippen LogP contribution in [0.4, 0.5) is 0 Å². The highest BCUT2D eigenvalue weighted by Crippen LogP contribution is 2.02. The first-order valence-electron chi connectivity index (χ1n) is 4.60. The summed E-state index contributed by atoms with van der Waals surface area (Å²) in [5.41, 5.74) is 2.41. The number of nitrogens with zero attached hydrogens (tertiary/aromatic N) is 1. The summed E-state index contributed by atoms with van der Waals surface area (Å²) in [5, 5.41) is 3.76. The van der Waals surface area contributed by atoms with Crippen molar-refractivity contribution >= 4 is 12.1 Å². The third-order valence-electron chi connectivity index (χ3n) is 1.62. The van der Waals surface area contributed by atoms with E-state index in [0.29, 0.717) is 12.2 Å². The molecular formula is C10H14N2O2. The first-order valence-corrected chi connectivity index (χ1v) is 4.60. The smallest absolute Gasteiger partial charge is 0.240 e. The summed E-state index contributed by atoms with van der Waals surface area (Å²) in [4.78, 5) is 11.0. The lowest BCUT2D eigenvalue weighted by molar-refractivity contribution is -0.121. The van der Waals surface area contributed by atoms with Gasteiger partial charge < -0.3 is 4.42 Å². The summed E-state index contributed by atoms with van der Waals surface area (Å²) in [6, 6.07) is 3.64. The van der Waals surface area contributed by atoms with Crippen molar-refractivity contribution in [2.75, 3.05) is 0 Å². The number of carbonyl (C=O) groups excluding carboxylic acids is 1. The zero-order valence-electron chi connectivity index (χ0n) is 8.41. The minimum Gasteiger partial charge on any atom is -0.460 e. The van der Waals surface area contributed by atoms with Crippen molar-refractivity contribution in [1.29, 1.82) is 0 Å². The fourth-order valence-electron chi connectivity index (χ4n) is 0.974. The van der Waals surface area contributed by atoms with Crippen molar-refractivity contribution in [2.45, 2.75) is 26.7 Å². The molecule has 0 aliphatic rings. The Morgan fingerprint density at radius 3 is 3.00 bits per heavy atom. The second kappa shape index (κ2) is 5.21. The number of nitrogens with one attached hydrogen (secondary N) is 1. The molecule has 0 saturated carbocycles. The fourth-order valence-corrected chi connectivity index (χ4v) is 0.974. The van der Waals surface area contributed by atoms with Crippen LogP contribution >= 0.6 is 0 Å². The molecule has 0 atom stereocenters. The Hall–Kier alpha value is -1.58. The van der Waals surface area contributed by atoms with Crippen LogP contribution < -0.4 is 5.43 Å². The molecule has 4 nitrogen and oxygen atoms in total. The second-order valence-electron chi connectivity index (χ2n) is 2.99. The molecule has 0 radical (unpaired) electrons. The molecule has 1 aromatic heterocycles. The standard InChI is InChI=1S/C10H14N2O2/c1-3-4-10(13)12-11-7-9-6-5-8(2)14-9/h5-7H,3-4H2,1-2H3,(H,12,13). The Bertz CT molecular complexity index is 329. The van der Waals surface area contributed by atoms with Crippen LogP contribution in [0, 0.1) is 6.92 Å². The minimum atomic E-state index is -0.0768. The van der Waals surface area contributed by atoms with Gasteiger partial charge in [0, 0.05) is 6.42 Å². The summed E-state index contributed by atoms with van der Waals surface area (Å²) in [7, 11) is 0. The third kappa shape index (κ3) is 3.43. The predicted molar refractivity (Wildman–Crippen MR) is 54.1 cm³/mol. The third-order valence-corrected chi connectivity index (χ3v) is 1.62. The Labute approximate surface area is 83.0 Å². The summed E-state index contributed by atoms with van der Waals surface area (Å²) in [6.45, 7) is 3.80. The van der Waals surface area contributed by atoms with E-state index in [0.717, 1.165) is 12.2 Å². The van der Waals surface area contributed by atoms with Crippen LogP contribution in [-0.2, 0) is 4.79 Å². The van der Waals surface area contributed by atoms with Crippen molar-refractivity contribution in [1.82, 2.24) is 5.43 Å². The molecule has 0 aliphatic carbocycles. The second-order valence-corrected chi connectivity index (χ2v) is 2.99. The Kier molecular flexibility index (Phi) is 3.91. The molecule has 0 fully saturated rings. The quantitative estimate of drug-likeness (QED) is 0.587. The number of hydrogen-bond donors (Lipinski definition) is 1. The van der Waals surface area contributed by atoms with E-state index in [-0.39, 0.29) is 5.91 Å². The van der Waals surface area contributed by atoms with E-state index in [1.807, 2.05) is 19.9 Å². The summed E-state index contributed by atoms with van der Waals surface area (Å²) in [6.07, 6.45) is 2.80. The van der Waals surface area contributed by atoms with Gasteiger partial charge in [-0.25, -0.2) is 5.43 Å². The maximum absolute atomic E-state index is 11.0. The van der Waals surface area contributed by atoms with Gasteiger partial charge in [0.25, 0.3) is 0 Å². The summed E-state index contributed by atoms with van der Waals surface area (Å²) >= 11 is 0. The summed E-state index contributed by atoms with van der Waals surface area (Å²) in [5.74, 6) is 1.39. The molecule has 1 aromatic rings. The molecule has 1 rings (SSSR count). The summed E-state index contributed by atoms with van der Waals surface area (Å²) < 4.78 is 5.22. The minimum absolute atomic E-state index is 0.0768. The molecule has 0 saturated heterocycles. The first kappa shape index (κ1) is 10.5. The molecule has 0 bridgehead atoms. The SMILES string of the molecule is CCCC(=O)NN=Cc1ccc(C)o1. The average Bonchev–Trinajstić information content (AvgIpc) is 2.52. The van der Waals surface area contributed by atoms with Gasteiger partial charge in [-0.15, -0.1) is 0 Å². The van der Waals surface area contributed by atoms with Crippen LogP contribution in [-0.4, -0.2) is 12.1 Å². The number of aryl methyl sites for hydroxylation is 1. The number of hydrogen-bond acceptors (Lipinski definition) is 3. The van der Waals surface area contributed by atoms with Crippen molar-refractivity contribution in [3.05, 3.63) is 23.7 Å². The lowest BCUT2D eigenvalue weighted by Gasteiger charge is -1.94. The van der Waals surface area contributed by atoms with Gasteiger partial charge in [-0.2, -0.15) is 5.10 Å². The molecule has 1 heterocycles. The van der Waals surface area contributed by atoms with Crippen LogP contribution in [0.5, 0.6) is 0 Å². The first-order chi connectivity index (χ1) is 6.72. The van der Waals surface area contributed by atoms with E-state index in [2.05, 4.69) is 10.5 Å². The van der Waals surface area contributed by atoms with Gasteiger partial charge >= 0.3 is 0 Å². The van der Waals surface area contributed by atoms with Gasteiger partial charge in [-0.1, -0.05) is 6.92 Å². The van der Waals surface area contributed by atoms with Crippen LogP contribution in [0.25, 0.3) is 0 Å². The molecule has 0 unspecified atom stereocenters. The van der Waals surface area contributed by atoms with Crippen LogP contribution in [0.2, 0.25) is 0 Å². The van der Waals surface area contributed by atoms with Crippen LogP contribution in [0.15, 0.2) is 21.7 Å². The van der Waals surface area contributed by atoms with Gasteiger partial charge in [-0.05, 0) is 25.5 Å². The molecule has 4 heteroatoms. The van der Waals surface area contributed by atoms with Gasteiger partial charge in [0.1, 0.15) is 11.5 Å². The molecular weight excluding hydrogens is 180 g/mol. The normalized spacial score (nSPS) is 10.7. The molecule has 14 heavy (non-hydrogen) atoms. The van der Waals surface area contributed by atoms with Crippen LogP contribution in [0.3, 0.4) is 0 Å². The molecule has 0 aliphatic heterocycles. The van der Waals surface area contributed by atoms with Crippen molar-refractivity contribution in [3.63, 3.8) is 0 Å². The van der Waals surface area contributed by atoms with Gasteiger partial charge in [0.05, 0.1) is 6.21 Å². The number of hydrazone groups is 1. The molecule has 1 amide bonds. The van der Waals surface area contributed by atoms with E-state index in [1.54, 1.807) is 6.07 Å². The van der Waals surface area contributed by atoms with Gasteiger partial charge in [0.2, 0.25) is 5.91 Å². The number of carbonyl (C=O) groups is 1. The zero-order valence-corrected chi connectivity index (χ0v) is 8.41. The van der Waals surface area contributed by atoms with E-state index in [9.17, 15) is 4.79 Å². The molecule has 76 valence electrons. The lowest BCUT2D eigenvalue weighted by atomic mass is 10.3. The van der Waals surface area contributed by atoms with Crippen LogP contribution in [0.1, 0.15) is 31.3 Å². The van der Waals surface area contributed by atoms with E-state index < -0.39 is 0 Å². The van der Waals surface area contributed by atoms with E-state index in [4.69, 9.17) is 4.42 Å². The Morgan fingerprint density at radius 1 is 1.64 bits per heavy atom. The topological polar surface area (TPSA) is 54.6 Å². The van der Waals surface area contributed by atoms with Crippen molar-refractivity contribution < 1.29 is 9.21 Å². The zero-order chi connectivity index (χ0) is 10.4. The fraction of sp³-hybridized carbons (Fsp3) is 0.400. The van der Waals surface area contributed by atoms with E-state index in [1.165, 1.54) is 6.21 Å². The Balaban J connectivity index is 2.37. The Morgan fingerprint density at radius 2 is 2.43 bits per heavy atom. The average molecular weight is 194 g/mol. The molecule has 1 N–H and O–H groups in total. The molecule has 0 aromatic carbocycles. The number of furan rings is 1. The maximum atomic E-state index is 11.0. The van der Waals surface area contributed by atoms with Gasteiger partial charge in [0.15, 0.2) is 0 Å². The highest BCUT2D eigenvalue weighted by molar-refractivity contribution is 5.80. The number of amides is 1. The van der Waals surface area contributed by atoms with Gasteiger partial charge in [-0.3, -0.25) is 4.79 Å². The van der Waals surface area contributed by atoms with E-state index >= 15 is 0 Å². The maximum Gasteiger partial charge on any atom is 0.240 e. The molecule has 0 spiro atoms. The number of rotatable bonds is 4. The lowest BCUT2D eigenvalue weighted by Crippen LogP contribution is -2.16. The highest BCUT2D eigenvalue weighted by Gasteiger charge is 1.96. The monoisotopic (exact) mass is 194 g/mol. The highest BCUT2D eigenvalue weighted by atomic mass is 16.3. The predicted octanol–water partition coefficient (Wildman–Crippen LogP) is 1.84.